The number of carbonyl (C=O) groups is 1. The first-order chi connectivity index (χ1) is 16.3. The third kappa shape index (κ3) is 4.88. The summed E-state index contributed by atoms with van der Waals surface area (Å²) in [5, 5.41) is 4.46. The molecule has 1 amide bonds. The number of aryl methyl sites for hydroxylation is 1. The van der Waals surface area contributed by atoms with E-state index in [0.29, 0.717) is 22.4 Å². The zero-order chi connectivity index (χ0) is 24.3. The first kappa shape index (κ1) is 23.7. The Kier molecular flexibility index (Phi) is 6.81. The summed E-state index contributed by atoms with van der Waals surface area (Å²) < 4.78 is 42.1. The van der Waals surface area contributed by atoms with Crippen LogP contribution in [0, 0.1) is 12.7 Å². The van der Waals surface area contributed by atoms with Crippen LogP contribution in [0.1, 0.15) is 20.8 Å². The van der Waals surface area contributed by atoms with E-state index < -0.39 is 15.9 Å². The lowest BCUT2D eigenvalue weighted by Gasteiger charge is -2.21. The smallest absolute Gasteiger partial charge is 0.266 e. The highest BCUT2D eigenvalue weighted by molar-refractivity contribution is 7.93. The third-order valence-electron chi connectivity index (χ3n) is 5.39. The van der Waals surface area contributed by atoms with E-state index in [1.807, 2.05) is 43.3 Å². The highest BCUT2D eigenvalue weighted by Gasteiger charge is 2.32. The van der Waals surface area contributed by atoms with Crippen LogP contribution in [0.2, 0.25) is 0 Å². The number of anilines is 1. The maximum Gasteiger partial charge on any atom is 0.266 e. The third-order valence-corrected chi connectivity index (χ3v) is 8.37. The van der Waals surface area contributed by atoms with E-state index in [0.717, 1.165) is 16.9 Å². The van der Waals surface area contributed by atoms with Gasteiger partial charge in [0, 0.05) is 24.5 Å². The Morgan fingerprint density at radius 3 is 2.38 bits per heavy atom. The minimum atomic E-state index is -4.08. The van der Waals surface area contributed by atoms with Crippen LogP contribution >= 0.6 is 11.3 Å². The second kappa shape index (κ2) is 9.79. The maximum atomic E-state index is 13.8. The van der Waals surface area contributed by atoms with Gasteiger partial charge in [-0.15, -0.1) is 11.3 Å². The van der Waals surface area contributed by atoms with E-state index >= 15 is 0 Å². The molecular weight excluding hydrogens is 471 g/mol. The number of carbonyl (C=O) groups excluding carboxylic acids is 1. The summed E-state index contributed by atoms with van der Waals surface area (Å²) in [4.78, 5) is 13.2. The Labute approximate surface area is 202 Å². The zero-order valence-electron chi connectivity index (χ0n) is 18.7. The van der Waals surface area contributed by atoms with Gasteiger partial charge in [0.25, 0.3) is 15.9 Å². The molecule has 0 spiro atoms. The largest absolute Gasteiger partial charge is 0.347 e. The molecule has 0 atom stereocenters. The van der Waals surface area contributed by atoms with Crippen molar-refractivity contribution in [3.05, 3.63) is 106 Å². The standard InChI is InChI=1S/C26H23FN2O3S2/c1-18-7-6-10-22(15-18)29(2)34(31,32)25-23(20-8-4-3-5-9-20)17-33-24(25)26(30)28-16-19-11-13-21(27)14-12-19/h3-15,17H,16H2,1-2H3,(H,28,30). The number of benzene rings is 3. The van der Waals surface area contributed by atoms with Crippen LogP contribution < -0.4 is 9.62 Å². The van der Waals surface area contributed by atoms with Gasteiger partial charge < -0.3 is 5.32 Å². The van der Waals surface area contributed by atoms with Gasteiger partial charge in [0.1, 0.15) is 15.6 Å². The minimum absolute atomic E-state index is 0.0377. The molecule has 0 aliphatic heterocycles. The number of rotatable bonds is 7. The molecule has 174 valence electrons. The van der Waals surface area contributed by atoms with Crippen molar-refractivity contribution in [1.82, 2.24) is 5.32 Å². The summed E-state index contributed by atoms with van der Waals surface area (Å²) in [6, 6.07) is 22.1. The normalized spacial score (nSPS) is 11.3. The monoisotopic (exact) mass is 494 g/mol. The second-order valence-corrected chi connectivity index (χ2v) is 10.6. The number of halogens is 1. The van der Waals surface area contributed by atoms with Crippen LogP contribution in [0.5, 0.6) is 0 Å². The minimum Gasteiger partial charge on any atom is -0.347 e. The SMILES string of the molecule is Cc1cccc(N(C)S(=O)(=O)c2c(-c3ccccc3)csc2C(=O)NCc2ccc(F)cc2)c1. The number of nitrogens with zero attached hydrogens (tertiary/aromatic N) is 1. The van der Waals surface area contributed by atoms with Crippen molar-refractivity contribution >= 4 is 33.0 Å². The molecule has 0 aliphatic rings. The van der Waals surface area contributed by atoms with Crippen LogP contribution in [0.25, 0.3) is 11.1 Å². The molecule has 0 saturated carbocycles. The van der Waals surface area contributed by atoms with Crippen molar-refractivity contribution in [3.63, 3.8) is 0 Å². The molecule has 1 heterocycles. The quantitative estimate of drug-likeness (QED) is 0.363. The molecule has 3 aromatic carbocycles. The van der Waals surface area contributed by atoms with Crippen molar-refractivity contribution in [2.45, 2.75) is 18.4 Å². The number of amides is 1. The fraction of sp³-hybridized carbons (Fsp3) is 0.115. The molecule has 1 N–H and O–H groups in total. The summed E-state index contributed by atoms with van der Waals surface area (Å²) in [5.74, 6) is -0.874. The van der Waals surface area contributed by atoms with Crippen LogP contribution in [0.15, 0.2) is 89.1 Å². The fourth-order valence-electron chi connectivity index (χ4n) is 3.54. The number of nitrogens with one attached hydrogen (secondary N) is 1. The molecule has 0 fully saturated rings. The molecule has 4 aromatic rings. The number of hydrogen-bond acceptors (Lipinski definition) is 4. The van der Waals surface area contributed by atoms with Gasteiger partial charge in [0.15, 0.2) is 0 Å². The van der Waals surface area contributed by atoms with Crippen molar-refractivity contribution in [2.24, 2.45) is 0 Å². The average Bonchev–Trinajstić information content (AvgIpc) is 3.30. The second-order valence-electron chi connectivity index (χ2n) is 7.79. The molecule has 8 heteroatoms. The summed E-state index contributed by atoms with van der Waals surface area (Å²) in [6.45, 7) is 2.03. The summed E-state index contributed by atoms with van der Waals surface area (Å²) in [5.41, 5.74) is 3.30. The van der Waals surface area contributed by atoms with Crippen LogP contribution in [-0.2, 0) is 16.6 Å². The molecule has 5 nitrogen and oxygen atoms in total. The molecular formula is C26H23FN2O3S2. The van der Waals surface area contributed by atoms with E-state index in [9.17, 15) is 17.6 Å². The molecule has 1 aromatic heterocycles. The molecule has 0 unspecified atom stereocenters. The Morgan fingerprint density at radius 2 is 1.71 bits per heavy atom. The highest BCUT2D eigenvalue weighted by atomic mass is 32.2. The molecule has 34 heavy (non-hydrogen) atoms. The van der Waals surface area contributed by atoms with Gasteiger partial charge in [-0.05, 0) is 47.9 Å². The lowest BCUT2D eigenvalue weighted by Crippen LogP contribution is -2.30. The average molecular weight is 495 g/mol. The van der Waals surface area contributed by atoms with Crippen molar-refractivity contribution in [3.8, 4) is 11.1 Å². The molecule has 0 aliphatic carbocycles. The summed E-state index contributed by atoms with van der Waals surface area (Å²) >= 11 is 1.08. The Balaban J connectivity index is 1.75. The van der Waals surface area contributed by atoms with Gasteiger partial charge in [-0.2, -0.15) is 0 Å². The zero-order valence-corrected chi connectivity index (χ0v) is 20.3. The van der Waals surface area contributed by atoms with E-state index in [2.05, 4.69) is 5.32 Å². The molecule has 0 saturated heterocycles. The van der Waals surface area contributed by atoms with E-state index in [1.165, 1.54) is 23.5 Å². The number of sulfonamides is 1. The Hall–Kier alpha value is -3.49. The first-order valence-corrected chi connectivity index (χ1v) is 12.8. The topological polar surface area (TPSA) is 66.5 Å². The van der Waals surface area contributed by atoms with Crippen LogP contribution in [-0.4, -0.2) is 21.4 Å². The van der Waals surface area contributed by atoms with E-state index in [1.54, 1.807) is 35.7 Å². The number of hydrogen-bond donors (Lipinski definition) is 1. The van der Waals surface area contributed by atoms with Gasteiger partial charge in [-0.3, -0.25) is 9.10 Å². The predicted octanol–water partition coefficient (Wildman–Crippen LogP) is 5.62. The Morgan fingerprint density at radius 1 is 1.00 bits per heavy atom. The van der Waals surface area contributed by atoms with Gasteiger partial charge >= 0.3 is 0 Å². The maximum absolute atomic E-state index is 13.8. The summed E-state index contributed by atoms with van der Waals surface area (Å²) in [7, 11) is -2.59. The van der Waals surface area contributed by atoms with Crippen molar-refractivity contribution in [1.29, 1.82) is 0 Å². The van der Waals surface area contributed by atoms with Crippen molar-refractivity contribution in [2.75, 3.05) is 11.4 Å². The lowest BCUT2D eigenvalue weighted by molar-refractivity contribution is 0.0952. The van der Waals surface area contributed by atoms with Crippen LogP contribution in [0.3, 0.4) is 0 Å². The fourth-order valence-corrected chi connectivity index (χ4v) is 6.41. The van der Waals surface area contributed by atoms with E-state index in [4.69, 9.17) is 0 Å². The highest BCUT2D eigenvalue weighted by Crippen LogP contribution is 2.38. The molecule has 4 rings (SSSR count). The van der Waals surface area contributed by atoms with Crippen molar-refractivity contribution < 1.29 is 17.6 Å². The van der Waals surface area contributed by atoms with E-state index in [-0.39, 0.29) is 22.1 Å². The predicted molar refractivity (Wildman–Crippen MR) is 134 cm³/mol. The number of thiophene rings is 1. The van der Waals surface area contributed by atoms with Crippen LogP contribution in [0.4, 0.5) is 10.1 Å². The Bertz CT molecular complexity index is 1420. The van der Waals surface area contributed by atoms with Gasteiger partial charge in [-0.25, -0.2) is 12.8 Å². The van der Waals surface area contributed by atoms with Gasteiger partial charge in [0.05, 0.1) is 5.69 Å². The first-order valence-electron chi connectivity index (χ1n) is 10.5. The molecule has 0 radical (unpaired) electrons. The molecule has 0 bridgehead atoms. The van der Waals surface area contributed by atoms with Gasteiger partial charge in [0.2, 0.25) is 0 Å². The summed E-state index contributed by atoms with van der Waals surface area (Å²) in [6.07, 6.45) is 0. The lowest BCUT2D eigenvalue weighted by atomic mass is 10.1. The van der Waals surface area contributed by atoms with Gasteiger partial charge in [-0.1, -0.05) is 54.6 Å².